The van der Waals surface area contributed by atoms with Crippen molar-refractivity contribution < 1.29 is 9.84 Å². The molecule has 0 spiro atoms. The number of aliphatic hydroxyl groups is 1. The Kier molecular flexibility index (Phi) is 7.19. The van der Waals surface area contributed by atoms with Crippen molar-refractivity contribution >= 4 is 34.8 Å². The molecular formula is C14H17Cl3O2. The van der Waals surface area contributed by atoms with Crippen LogP contribution in [-0.2, 0) is 11.3 Å². The second kappa shape index (κ2) is 8.13. The molecule has 0 radical (unpaired) electrons. The third-order valence-corrected chi connectivity index (χ3v) is 3.58. The summed E-state index contributed by atoms with van der Waals surface area (Å²) < 4.78 is 5.50. The van der Waals surface area contributed by atoms with E-state index in [1.165, 1.54) is 0 Å². The van der Waals surface area contributed by atoms with Gasteiger partial charge < -0.3 is 9.84 Å². The van der Waals surface area contributed by atoms with Crippen molar-refractivity contribution in [1.29, 1.82) is 0 Å². The molecule has 0 saturated heterocycles. The van der Waals surface area contributed by atoms with Crippen LogP contribution in [0.25, 0.3) is 0 Å². The highest BCUT2D eigenvalue weighted by Crippen LogP contribution is 2.29. The van der Waals surface area contributed by atoms with Crippen LogP contribution in [0.15, 0.2) is 24.3 Å². The van der Waals surface area contributed by atoms with E-state index in [-0.39, 0.29) is 0 Å². The molecule has 0 aliphatic rings. The number of rotatable bonds is 7. The quantitative estimate of drug-likeness (QED) is 0.572. The van der Waals surface area contributed by atoms with E-state index in [4.69, 9.17) is 39.5 Å². The summed E-state index contributed by atoms with van der Waals surface area (Å²) >= 11 is 17.9. The Bertz CT molecular complexity index is 423. The fourth-order valence-corrected chi connectivity index (χ4v) is 2.44. The molecule has 0 aromatic heterocycles. The van der Waals surface area contributed by atoms with Crippen LogP contribution in [0.3, 0.4) is 0 Å². The van der Waals surface area contributed by atoms with Crippen LogP contribution in [0, 0.1) is 0 Å². The molecule has 19 heavy (non-hydrogen) atoms. The molecule has 0 amide bonds. The summed E-state index contributed by atoms with van der Waals surface area (Å²) in [5, 5.41) is 11.1. The molecule has 5 heteroatoms. The van der Waals surface area contributed by atoms with Gasteiger partial charge in [0.2, 0.25) is 0 Å². The van der Waals surface area contributed by atoms with Gasteiger partial charge in [-0.15, -0.1) is 0 Å². The van der Waals surface area contributed by atoms with Crippen molar-refractivity contribution in [3.8, 4) is 0 Å². The zero-order valence-electron chi connectivity index (χ0n) is 10.8. The minimum Gasteiger partial charge on any atom is -0.389 e. The van der Waals surface area contributed by atoms with E-state index in [0.29, 0.717) is 34.7 Å². The molecule has 0 bridgehead atoms. The third-order valence-electron chi connectivity index (χ3n) is 2.69. The summed E-state index contributed by atoms with van der Waals surface area (Å²) in [5.41, 5.74) is 1.50. The predicted molar refractivity (Wildman–Crippen MR) is 81.2 cm³/mol. The van der Waals surface area contributed by atoms with Crippen LogP contribution in [-0.4, -0.2) is 17.8 Å². The molecule has 1 atom stereocenters. The van der Waals surface area contributed by atoms with Gasteiger partial charge in [-0.3, -0.25) is 0 Å². The molecule has 1 rings (SSSR count). The molecule has 0 aliphatic heterocycles. The number of hydrogen-bond acceptors (Lipinski definition) is 2. The van der Waals surface area contributed by atoms with E-state index in [1.807, 2.05) is 0 Å². The molecule has 1 N–H and O–H groups in total. The maximum absolute atomic E-state index is 9.55. The molecular weight excluding hydrogens is 307 g/mol. The molecule has 0 fully saturated rings. The molecule has 1 aromatic rings. The lowest BCUT2D eigenvalue weighted by Gasteiger charge is -2.11. The number of aliphatic hydroxyl groups excluding tert-OH is 1. The summed E-state index contributed by atoms with van der Waals surface area (Å²) in [6.45, 7) is 6.36. The van der Waals surface area contributed by atoms with Crippen molar-refractivity contribution in [2.24, 2.45) is 0 Å². The number of benzene rings is 1. The number of halogens is 3. The second-order valence-corrected chi connectivity index (χ2v) is 5.66. The first-order chi connectivity index (χ1) is 8.91. The van der Waals surface area contributed by atoms with Gasteiger partial charge in [0.1, 0.15) is 0 Å². The lowest BCUT2D eigenvalue weighted by Crippen LogP contribution is -2.08. The van der Waals surface area contributed by atoms with Crippen LogP contribution < -0.4 is 0 Å². The van der Waals surface area contributed by atoms with E-state index in [9.17, 15) is 5.11 Å². The number of hydrogen-bond donors (Lipinski definition) is 1. The maximum Gasteiger partial charge on any atom is 0.0746 e. The van der Waals surface area contributed by atoms with Crippen LogP contribution in [0.5, 0.6) is 0 Å². The minimum absolute atomic E-state index is 0.331. The topological polar surface area (TPSA) is 29.5 Å². The van der Waals surface area contributed by atoms with E-state index in [1.54, 1.807) is 19.1 Å². The molecule has 0 heterocycles. The first kappa shape index (κ1) is 16.8. The number of ether oxygens (including phenoxy) is 1. The van der Waals surface area contributed by atoms with Gasteiger partial charge in [-0.05, 0) is 31.9 Å². The SMILES string of the molecule is C=C(C)C(O)CCCOCc1c(Cl)cc(Cl)cc1Cl. The highest BCUT2D eigenvalue weighted by Gasteiger charge is 2.08. The van der Waals surface area contributed by atoms with Crippen LogP contribution in [0.4, 0.5) is 0 Å². The van der Waals surface area contributed by atoms with Crippen molar-refractivity contribution in [1.82, 2.24) is 0 Å². The third kappa shape index (κ3) is 5.72. The molecule has 0 aliphatic carbocycles. The summed E-state index contributed by atoms with van der Waals surface area (Å²) in [5.74, 6) is 0. The van der Waals surface area contributed by atoms with Crippen LogP contribution >= 0.6 is 34.8 Å². The van der Waals surface area contributed by atoms with E-state index >= 15 is 0 Å². The zero-order valence-corrected chi connectivity index (χ0v) is 13.0. The fraction of sp³-hybridized carbons (Fsp3) is 0.429. The van der Waals surface area contributed by atoms with Gasteiger partial charge in [0.15, 0.2) is 0 Å². The first-order valence-corrected chi connectivity index (χ1v) is 7.10. The van der Waals surface area contributed by atoms with Crippen LogP contribution in [0.2, 0.25) is 15.1 Å². The Morgan fingerprint density at radius 1 is 1.32 bits per heavy atom. The van der Waals surface area contributed by atoms with Gasteiger partial charge in [0, 0.05) is 27.2 Å². The van der Waals surface area contributed by atoms with Gasteiger partial charge >= 0.3 is 0 Å². The Balaban J connectivity index is 2.36. The molecule has 0 saturated carbocycles. The van der Waals surface area contributed by atoms with Gasteiger partial charge in [-0.25, -0.2) is 0 Å². The maximum atomic E-state index is 9.55. The summed E-state index contributed by atoms with van der Waals surface area (Å²) in [6.07, 6.45) is 0.917. The molecule has 1 aromatic carbocycles. The summed E-state index contributed by atoms with van der Waals surface area (Å²) in [4.78, 5) is 0. The van der Waals surface area contributed by atoms with E-state index < -0.39 is 6.10 Å². The van der Waals surface area contributed by atoms with Gasteiger partial charge in [-0.1, -0.05) is 47.0 Å². The second-order valence-electron chi connectivity index (χ2n) is 4.40. The lowest BCUT2D eigenvalue weighted by atomic mass is 10.1. The monoisotopic (exact) mass is 322 g/mol. The van der Waals surface area contributed by atoms with Crippen LogP contribution in [0.1, 0.15) is 25.3 Å². The van der Waals surface area contributed by atoms with Crippen molar-refractivity contribution in [2.45, 2.75) is 32.5 Å². The Labute approximate surface area is 128 Å². The Morgan fingerprint density at radius 3 is 2.42 bits per heavy atom. The Hall–Kier alpha value is -0.250. The van der Waals surface area contributed by atoms with Gasteiger partial charge in [-0.2, -0.15) is 0 Å². The minimum atomic E-state index is -0.466. The van der Waals surface area contributed by atoms with Crippen molar-refractivity contribution in [3.63, 3.8) is 0 Å². The van der Waals surface area contributed by atoms with Crippen molar-refractivity contribution in [2.75, 3.05) is 6.61 Å². The molecule has 106 valence electrons. The normalized spacial score (nSPS) is 12.5. The zero-order chi connectivity index (χ0) is 14.4. The standard InChI is InChI=1S/C14H17Cl3O2/c1-9(2)14(18)4-3-5-19-8-11-12(16)6-10(15)7-13(11)17/h6-7,14,18H,1,3-5,8H2,2H3. The Morgan fingerprint density at radius 2 is 1.89 bits per heavy atom. The summed E-state index contributed by atoms with van der Waals surface area (Å²) in [7, 11) is 0. The lowest BCUT2D eigenvalue weighted by molar-refractivity contribution is 0.104. The first-order valence-electron chi connectivity index (χ1n) is 5.96. The average Bonchev–Trinajstić information content (AvgIpc) is 2.30. The van der Waals surface area contributed by atoms with E-state index in [0.717, 1.165) is 17.6 Å². The van der Waals surface area contributed by atoms with Gasteiger partial charge in [0.25, 0.3) is 0 Å². The highest BCUT2D eigenvalue weighted by molar-refractivity contribution is 6.39. The van der Waals surface area contributed by atoms with E-state index in [2.05, 4.69) is 6.58 Å². The summed E-state index contributed by atoms with van der Waals surface area (Å²) in [6, 6.07) is 3.27. The van der Waals surface area contributed by atoms with Gasteiger partial charge in [0.05, 0.1) is 12.7 Å². The highest BCUT2D eigenvalue weighted by atomic mass is 35.5. The largest absolute Gasteiger partial charge is 0.389 e. The smallest absolute Gasteiger partial charge is 0.0746 e. The predicted octanol–water partition coefficient (Wildman–Crippen LogP) is 4.88. The average molecular weight is 324 g/mol. The molecule has 2 nitrogen and oxygen atoms in total. The molecule has 1 unspecified atom stereocenters. The van der Waals surface area contributed by atoms with Crippen molar-refractivity contribution in [3.05, 3.63) is 44.9 Å². The fourth-order valence-electron chi connectivity index (χ4n) is 1.51.